The molecular formula is C15H19N3O2S. The van der Waals surface area contributed by atoms with E-state index in [9.17, 15) is 0 Å². The van der Waals surface area contributed by atoms with E-state index in [1.807, 2.05) is 19.9 Å². The van der Waals surface area contributed by atoms with Gasteiger partial charge in [0.1, 0.15) is 11.4 Å². The summed E-state index contributed by atoms with van der Waals surface area (Å²) in [5.74, 6) is 1.63. The summed E-state index contributed by atoms with van der Waals surface area (Å²) >= 11 is 1.42. The van der Waals surface area contributed by atoms with Crippen LogP contribution in [0.5, 0.6) is 5.75 Å². The summed E-state index contributed by atoms with van der Waals surface area (Å²) in [5.41, 5.74) is 2.15. The first-order chi connectivity index (χ1) is 10.0. The number of fused-ring (bicyclic) bond motifs is 1. The van der Waals surface area contributed by atoms with Gasteiger partial charge in [-0.15, -0.1) is 0 Å². The number of benzene rings is 1. The van der Waals surface area contributed by atoms with Crippen LogP contribution in [0.3, 0.4) is 0 Å². The van der Waals surface area contributed by atoms with Crippen molar-refractivity contribution in [1.29, 1.82) is 0 Å². The fourth-order valence-corrected chi connectivity index (χ4v) is 3.11. The lowest BCUT2D eigenvalue weighted by Crippen LogP contribution is -2.22. The topological polar surface area (TPSA) is 47.5 Å². The highest BCUT2D eigenvalue weighted by Gasteiger charge is 2.28. The van der Waals surface area contributed by atoms with Crippen LogP contribution in [0, 0.1) is 0 Å². The SMILES string of the molecule is COc1ccc2c(c1)CN(c1nc(C(C)(C)OC)ns1)C2. The van der Waals surface area contributed by atoms with Gasteiger partial charge in [0, 0.05) is 31.7 Å². The number of ether oxygens (including phenoxy) is 2. The first kappa shape index (κ1) is 14.3. The zero-order chi connectivity index (χ0) is 15.0. The molecule has 0 bridgehead atoms. The fourth-order valence-electron chi connectivity index (χ4n) is 2.31. The van der Waals surface area contributed by atoms with Gasteiger partial charge in [0.2, 0.25) is 5.13 Å². The molecule has 1 aliphatic rings. The molecular weight excluding hydrogens is 286 g/mol. The quantitative estimate of drug-likeness (QED) is 0.869. The Morgan fingerprint density at radius 1 is 1.19 bits per heavy atom. The maximum atomic E-state index is 5.44. The minimum atomic E-state index is -0.454. The summed E-state index contributed by atoms with van der Waals surface area (Å²) in [7, 11) is 3.37. The van der Waals surface area contributed by atoms with Crippen LogP contribution in [0.25, 0.3) is 0 Å². The van der Waals surface area contributed by atoms with Crippen molar-refractivity contribution >= 4 is 16.7 Å². The van der Waals surface area contributed by atoms with E-state index in [1.54, 1.807) is 14.2 Å². The molecule has 3 rings (SSSR count). The molecule has 0 saturated heterocycles. The summed E-state index contributed by atoms with van der Waals surface area (Å²) in [6.07, 6.45) is 0. The van der Waals surface area contributed by atoms with Crippen LogP contribution in [0.4, 0.5) is 5.13 Å². The Kier molecular flexibility index (Phi) is 3.59. The molecule has 0 aliphatic carbocycles. The first-order valence-corrected chi connectivity index (χ1v) is 7.61. The van der Waals surface area contributed by atoms with E-state index in [0.29, 0.717) is 0 Å². The Hall–Kier alpha value is -1.66. The van der Waals surface area contributed by atoms with Crippen molar-refractivity contribution in [1.82, 2.24) is 9.36 Å². The van der Waals surface area contributed by atoms with E-state index in [2.05, 4.69) is 26.4 Å². The first-order valence-electron chi connectivity index (χ1n) is 6.83. The summed E-state index contributed by atoms with van der Waals surface area (Å²) in [6, 6.07) is 6.22. The minimum absolute atomic E-state index is 0.454. The number of hydrogen-bond donors (Lipinski definition) is 0. The number of methoxy groups -OCH3 is 2. The van der Waals surface area contributed by atoms with Crippen LogP contribution in [0.2, 0.25) is 0 Å². The van der Waals surface area contributed by atoms with Crippen molar-refractivity contribution in [2.24, 2.45) is 0 Å². The van der Waals surface area contributed by atoms with Gasteiger partial charge in [-0.1, -0.05) is 6.07 Å². The third kappa shape index (κ3) is 2.61. The second-order valence-electron chi connectivity index (χ2n) is 5.61. The van der Waals surface area contributed by atoms with Crippen LogP contribution < -0.4 is 9.64 Å². The normalized spacial score (nSPS) is 14.4. The van der Waals surface area contributed by atoms with Gasteiger partial charge in [-0.05, 0) is 37.1 Å². The summed E-state index contributed by atoms with van der Waals surface area (Å²) < 4.78 is 15.2. The summed E-state index contributed by atoms with van der Waals surface area (Å²) in [5, 5.41) is 0.935. The summed E-state index contributed by atoms with van der Waals surface area (Å²) in [4.78, 5) is 6.87. The molecule has 5 nitrogen and oxygen atoms in total. The number of hydrogen-bond acceptors (Lipinski definition) is 6. The largest absolute Gasteiger partial charge is 0.497 e. The van der Waals surface area contributed by atoms with Gasteiger partial charge < -0.3 is 14.4 Å². The molecule has 0 amide bonds. The molecule has 6 heteroatoms. The van der Waals surface area contributed by atoms with Crippen LogP contribution in [0.15, 0.2) is 18.2 Å². The van der Waals surface area contributed by atoms with Gasteiger partial charge in [0.25, 0.3) is 0 Å². The molecule has 0 N–H and O–H groups in total. The van der Waals surface area contributed by atoms with Crippen LogP contribution >= 0.6 is 11.5 Å². The molecule has 1 aliphatic heterocycles. The molecule has 0 unspecified atom stereocenters. The number of aromatic nitrogens is 2. The molecule has 112 valence electrons. The molecule has 0 saturated carbocycles. The monoisotopic (exact) mass is 305 g/mol. The Morgan fingerprint density at radius 3 is 2.67 bits per heavy atom. The van der Waals surface area contributed by atoms with Crippen molar-refractivity contribution in [2.45, 2.75) is 32.5 Å². The van der Waals surface area contributed by atoms with Crippen LogP contribution in [-0.2, 0) is 23.4 Å². The van der Waals surface area contributed by atoms with Crippen molar-refractivity contribution in [3.05, 3.63) is 35.2 Å². The van der Waals surface area contributed by atoms with Gasteiger partial charge in [-0.3, -0.25) is 0 Å². The Morgan fingerprint density at radius 2 is 1.95 bits per heavy atom. The van der Waals surface area contributed by atoms with E-state index < -0.39 is 5.60 Å². The standard InChI is InChI=1S/C15H19N3O2S/c1-15(2,20-4)13-16-14(21-17-13)18-8-10-5-6-12(19-3)7-11(10)9-18/h5-7H,8-9H2,1-4H3. The third-order valence-corrected chi connectivity index (χ3v) is 4.65. The predicted molar refractivity (Wildman–Crippen MR) is 82.8 cm³/mol. The predicted octanol–water partition coefficient (Wildman–Crippen LogP) is 2.95. The van der Waals surface area contributed by atoms with E-state index in [-0.39, 0.29) is 0 Å². The molecule has 2 heterocycles. The van der Waals surface area contributed by atoms with Crippen molar-refractivity contribution in [3.63, 3.8) is 0 Å². The maximum absolute atomic E-state index is 5.44. The van der Waals surface area contributed by atoms with E-state index in [0.717, 1.165) is 29.8 Å². The van der Waals surface area contributed by atoms with Gasteiger partial charge in [0.05, 0.1) is 7.11 Å². The molecule has 21 heavy (non-hydrogen) atoms. The lowest BCUT2D eigenvalue weighted by Gasteiger charge is -2.18. The van der Waals surface area contributed by atoms with Crippen molar-refractivity contribution in [3.8, 4) is 5.75 Å². The highest BCUT2D eigenvalue weighted by atomic mass is 32.1. The lowest BCUT2D eigenvalue weighted by atomic mass is 10.1. The third-order valence-electron chi connectivity index (χ3n) is 3.87. The smallest absolute Gasteiger partial charge is 0.205 e. The number of anilines is 1. The van der Waals surface area contributed by atoms with Gasteiger partial charge >= 0.3 is 0 Å². The van der Waals surface area contributed by atoms with E-state index in [1.165, 1.54) is 22.7 Å². The van der Waals surface area contributed by atoms with Gasteiger partial charge in [0.15, 0.2) is 5.82 Å². The van der Waals surface area contributed by atoms with Crippen molar-refractivity contribution < 1.29 is 9.47 Å². The Balaban J connectivity index is 1.81. The Labute approximate surface area is 128 Å². The summed E-state index contributed by atoms with van der Waals surface area (Å²) in [6.45, 7) is 5.65. The van der Waals surface area contributed by atoms with E-state index >= 15 is 0 Å². The average molecular weight is 305 g/mol. The average Bonchev–Trinajstić information content (AvgIpc) is 3.12. The molecule has 1 aromatic heterocycles. The Bertz CT molecular complexity index is 654. The minimum Gasteiger partial charge on any atom is -0.497 e. The number of rotatable bonds is 4. The second kappa shape index (κ2) is 5.27. The number of nitrogens with zero attached hydrogens (tertiary/aromatic N) is 3. The molecule has 0 fully saturated rings. The maximum Gasteiger partial charge on any atom is 0.205 e. The van der Waals surface area contributed by atoms with Crippen LogP contribution in [-0.4, -0.2) is 23.6 Å². The second-order valence-corrected chi connectivity index (χ2v) is 6.34. The molecule has 2 aromatic rings. The van der Waals surface area contributed by atoms with E-state index in [4.69, 9.17) is 9.47 Å². The molecule has 0 spiro atoms. The van der Waals surface area contributed by atoms with Crippen molar-refractivity contribution in [2.75, 3.05) is 19.1 Å². The molecule has 0 atom stereocenters. The van der Waals surface area contributed by atoms with Crippen LogP contribution in [0.1, 0.15) is 30.8 Å². The zero-order valence-electron chi connectivity index (χ0n) is 12.7. The van der Waals surface area contributed by atoms with Gasteiger partial charge in [-0.25, -0.2) is 4.98 Å². The van der Waals surface area contributed by atoms with Gasteiger partial charge in [-0.2, -0.15) is 4.37 Å². The highest BCUT2D eigenvalue weighted by molar-refractivity contribution is 7.09. The zero-order valence-corrected chi connectivity index (χ0v) is 13.5. The molecule has 0 radical (unpaired) electrons. The fraction of sp³-hybridized carbons (Fsp3) is 0.467. The molecule has 1 aromatic carbocycles. The lowest BCUT2D eigenvalue weighted by molar-refractivity contribution is 0.0125. The highest BCUT2D eigenvalue weighted by Crippen LogP contribution is 2.33.